The van der Waals surface area contributed by atoms with Crippen molar-refractivity contribution in [1.29, 1.82) is 0 Å². The molecule has 2 amide bonds. The summed E-state index contributed by atoms with van der Waals surface area (Å²) < 4.78 is 46.6. The van der Waals surface area contributed by atoms with Crippen molar-refractivity contribution in [3.05, 3.63) is 60.0 Å². The van der Waals surface area contributed by atoms with E-state index in [-0.39, 0.29) is 34.2 Å². The average molecular weight is 636 g/mol. The van der Waals surface area contributed by atoms with E-state index >= 15 is 0 Å². The summed E-state index contributed by atoms with van der Waals surface area (Å²) >= 11 is 0. The highest BCUT2D eigenvalue weighted by atomic mass is 19.4. The molecule has 12 nitrogen and oxygen atoms in total. The van der Waals surface area contributed by atoms with E-state index in [0.29, 0.717) is 42.0 Å². The van der Waals surface area contributed by atoms with E-state index in [1.807, 2.05) is 4.68 Å². The number of nitrogen functional groups attached to an aromatic ring is 1. The maximum absolute atomic E-state index is 13.1. The maximum atomic E-state index is 13.1. The number of carbonyl (C=O) groups is 2. The van der Waals surface area contributed by atoms with Crippen LogP contribution in [-0.4, -0.2) is 79.8 Å². The van der Waals surface area contributed by atoms with Crippen LogP contribution in [-0.2, 0) is 21.2 Å². The van der Waals surface area contributed by atoms with Crippen molar-refractivity contribution in [3.8, 4) is 11.3 Å². The molecule has 1 aromatic carbocycles. The van der Waals surface area contributed by atoms with Gasteiger partial charge in [-0.2, -0.15) is 18.3 Å². The van der Waals surface area contributed by atoms with Gasteiger partial charge in [0.15, 0.2) is 5.65 Å². The first-order valence-corrected chi connectivity index (χ1v) is 15.1. The van der Waals surface area contributed by atoms with Crippen LogP contribution in [0, 0.1) is 0 Å². The van der Waals surface area contributed by atoms with E-state index in [4.69, 9.17) is 15.6 Å². The number of aromatic nitrogens is 5. The van der Waals surface area contributed by atoms with E-state index in [2.05, 4.69) is 30.5 Å². The Balaban J connectivity index is 1.12. The van der Waals surface area contributed by atoms with Gasteiger partial charge in [-0.1, -0.05) is 12.1 Å². The zero-order valence-corrected chi connectivity index (χ0v) is 24.8. The molecule has 7 rings (SSSR count). The molecule has 240 valence electrons. The number of ether oxygens (including phenoxy) is 1. The number of pyridine rings is 1. The van der Waals surface area contributed by atoms with Crippen LogP contribution in [0.5, 0.6) is 0 Å². The molecule has 2 saturated carbocycles. The smallest absolute Gasteiger partial charge is 0.383 e. The average Bonchev–Trinajstić information content (AvgIpc) is 3.72. The van der Waals surface area contributed by atoms with Crippen molar-refractivity contribution in [1.82, 2.24) is 34.9 Å². The number of alkyl halides is 3. The summed E-state index contributed by atoms with van der Waals surface area (Å²) in [5, 5.41) is 11.4. The number of hydrogen-bond acceptors (Lipinski definition) is 9. The lowest BCUT2D eigenvalue weighted by Crippen LogP contribution is -2.50. The summed E-state index contributed by atoms with van der Waals surface area (Å²) in [6.07, 6.45) is 1.84. The molecule has 3 fully saturated rings. The zero-order valence-electron chi connectivity index (χ0n) is 24.8. The Bertz CT molecular complexity index is 1790. The van der Waals surface area contributed by atoms with Crippen LogP contribution in [0.3, 0.4) is 0 Å². The molecule has 3 aromatic heterocycles. The second-order valence-corrected chi connectivity index (χ2v) is 12.3. The lowest BCUT2D eigenvalue weighted by molar-refractivity contribution is -0.137. The number of halogens is 3. The number of amides is 2. The predicted molar refractivity (Wildman–Crippen MR) is 162 cm³/mol. The molecular formula is C31H32F3N9O3. The van der Waals surface area contributed by atoms with Gasteiger partial charge in [0, 0.05) is 36.0 Å². The molecule has 2 bridgehead atoms. The van der Waals surface area contributed by atoms with Gasteiger partial charge in [-0.15, -0.1) is 0 Å². The molecule has 0 atom stereocenters. The number of anilines is 2. The Labute approximate surface area is 261 Å². The van der Waals surface area contributed by atoms with Crippen molar-refractivity contribution in [2.45, 2.75) is 49.4 Å². The highest BCUT2D eigenvalue weighted by Gasteiger charge is 2.57. The molecule has 0 spiro atoms. The summed E-state index contributed by atoms with van der Waals surface area (Å²) in [7, 11) is 0. The molecule has 4 aromatic rings. The van der Waals surface area contributed by atoms with Gasteiger partial charge in [-0.25, -0.2) is 19.6 Å². The Morgan fingerprint density at radius 3 is 2.46 bits per heavy atom. The summed E-state index contributed by atoms with van der Waals surface area (Å²) in [5.74, 6) is -0.537. The van der Waals surface area contributed by atoms with Crippen LogP contribution in [0.15, 0.2) is 48.9 Å². The van der Waals surface area contributed by atoms with E-state index in [1.165, 1.54) is 6.33 Å². The summed E-state index contributed by atoms with van der Waals surface area (Å²) in [6, 6.07) is 8.13. The SMILES string of the molecule is Nc1ncnc2c1c(-c1ccc(C(=O)Nc3cc(C(F)(F)F)ccn3)cc1)nn2C12CCC(NC(=O)CN3CCOCC3)(CC1)C2. The van der Waals surface area contributed by atoms with Crippen molar-refractivity contribution in [2.24, 2.45) is 0 Å². The number of rotatable bonds is 7. The number of nitrogens with zero attached hydrogens (tertiary/aromatic N) is 6. The Morgan fingerprint density at radius 1 is 1.00 bits per heavy atom. The first-order chi connectivity index (χ1) is 22.0. The number of carbonyl (C=O) groups excluding carboxylic acids is 2. The number of nitrogens with two attached hydrogens (primary N) is 1. The molecule has 1 aliphatic heterocycles. The molecule has 4 N–H and O–H groups in total. The second-order valence-electron chi connectivity index (χ2n) is 12.3. The minimum absolute atomic E-state index is 0.0187. The first kappa shape index (κ1) is 30.0. The summed E-state index contributed by atoms with van der Waals surface area (Å²) in [6.45, 7) is 3.10. The molecule has 0 radical (unpaired) electrons. The third-order valence-electron chi connectivity index (χ3n) is 9.37. The minimum Gasteiger partial charge on any atom is -0.383 e. The predicted octanol–water partition coefficient (Wildman–Crippen LogP) is 3.60. The first-order valence-electron chi connectivity index (χ1n) is 15.1. The highest BCUT2D eigenvalue weighted by Crippen LogP contribution is 2.56. The van der Waals surface area contributed by atoms with E-state index < -0.39 is 17.6 Å². The van der Waals surface area contributed by atoms with Gasteiger partial charge in [0.1, 0.15) is 23.7 Å². The van der Waals surface area contributed by atoms with Gasteiger partial charge in [0.2, 0.25) is 5.91 Å². The van der Waals surface area contributed by atoms with Crippen molar-refractivity contribution >= 4 is 34.5 Å². The Hall–Kier alpha value is -4.63. The van der Waals surface area contributed by atoms with Gasteiger partial charge in [-0.3, -0.25) is 14.5 Å². The normalized spacial score (nSPS) is 23.1. The lowest BCUT2D eigenvalue weighted by atomic mass is 9.91. The molecule has 15 heteroatoms. The van der Waals surface area contributed by atoms with Crippen LogP contribution in [0.25, 0.3) is 22.3 Å². The van der Waals surface area contributed by atoms with Crippen molar-refractivity contribution < 1.29 is 27.5 Å². The molecular weight excluding hydrogens is 603 g/mol. The third kappa shape index (κ3) is 5.53. The zero-order chi connectivity index (χ0) is 32.1. The standard InChI is InChI=1S/C31H32F3N9O3/c32-31(33,34)21-5-10-36-22(15-21)39-28(45)20-3-1-19(2-4-20)25-24-26(35)37-18-38-27(24)43(41-25)30-8-6-29(17-30,7-9-30)40-23(44)16-42-11-13-46-14-12-42/h1-5,10,15,18H,6-9,11-14,16-17H2,(H,40,44)(H2,35,37,38)(H,36,39,45). The number of fused-ring (bicyclic) bond motifs is 3. The molecule has 3 aliphatic rings. The molecule has 46 heavy (non-hydrogen) atoms. The molecule has 1 saturated heterocycles. The van der Waals surface area contributed by atoms with E-state index in [0.717, 1.165) is 63.5 Å². The van der Waals surface area contributed by atoms with Crippen LogP contribution in [0.2, 0.25) is 0 Å². The lowest BCUT2D eigenvalue weighted by Gasteiger charge is -2.31. The third-order valence-corrected chi connectivity index (χ3v) is 9.37. The fourth-order valence-electron chi connectivity index (χ4n) is 7.08. The Kier molecular flexibility index (Phi) is 7.39. The van der Waals surface area contributed by atoms with Gasteiger partial charge >= 0.3 is 6.18 Å². The number of morpholine rings is 1. The molecule has 4 heterocycles. The van der Waals surface area contributed by atoms with Crippen molar-refractivity contribution in [2.75, 3.05) is 43.9 Å². The van der Waals surface area contributed by atoms with Crippen molar-refractivity contribution in [3.63, 3.8) is 0 Å². The molecule has 2 aliphatic carbocycles. The van der Waals surface area contributed by atoms with Gasteiger partial charge in [0.05, 0.1) is 36.2 Å². The van der Waals surface area contributed by atoms with Crippen LogP contribution in [0.4, 0.5) is 24.8 Å². The monoisotopic (exact) mass is 635 g/mol. The number of benzene rings is 1. The second kappa shape index (κ2) is 11.3. The number of hydrogen-bond donors (Lipinski definition) is 3. The topological polar surface area (TPSA) is 153 Å². The number of nitrogens with one attached hydrogen (secondary N) is 2. The fourth-order valence-corrected chi connectivity index (χ4v) is 7.08. The molecule has 0 unspecified atom stereocenters. The minimum atomic E-state index is -4.56. The van der Waals surface area contributed by atoms with Crippen LogP contribution < -0.4 is 16.4 Å². The quantitative estimate of drug-likeness (QED) is 0.277. The summed E-state index contributed by atoms with van der Waals surface area (Å²) in [4.78, 5) is 40.6. The summed E-state index contributed by atoms with van der Waals surface area (Å²) in [5.41, 5.74) is 6.81. The van der Waals surface area contributed by atoms with E-state index in [9.17, 15) is 22.8 Å². The van der Waals surface area contributed by atoms with Gasteiger partial charge in [0.25, 0.3) is 5.91 Å². The van der Waals surface area contributed by atoms with Crippen LogP contribution in [0.1, 0.15) is 48.0 Å². The van der Waals surface area contributed by atoms with Gasteiger partial charge in [-0.05, 0) is 56.4 Å². The maximum Gasteiger partial charge on any atom is 0.416 e. The fraction of sp³-hybridized carbons (Fsp3) is 0.419. The van der Waals surface area contributed by atoms with E-state index in [1.54, 1.807) is 24.3 Å². The van der Waals surface area contributed by atoms with Crippen LogP contribution >= 0.6 is 0 Å². The highest BCUT2D eigenvalue weighted by molar-refractivity contribution is 6.04. The van der Waals surface area contributed by atoms with Gasteiger partial charge < -0.3 is 21.1 Å². The largest absolute Gasteiger partial charge is 0.416 e. The Morgan fingerprint density at radius 2 is 1.74 bits per heavy atom.